The molecule has 0 atom stereocenters. The lowest BCUT2D eigenvalue weighted by Crippen LogP contribution is -2.49. The van der Waals surface area contributed by atoms with Crippen LogP contribution >= 0.6 is 0 Å². The second-order valence-electron chi connectivity index (χ2n) is 4.63. The number of carbonyl (C=O) groups is 4. The normalized spacial score (nSPS) is 10.9. The van der Waals surface area contributed by atoms with Crippen LogP contribution in [-0.2, 0) is 19.2 Å². The van der Waals surface area contributed by atoms with Crippen LogP contribution in [0.25, 0.3) is 0 Å². The summed E-state index contributed by atoms with van der Waals surface area (Å²) in [5, 5.41) is 37.8. The lowest BCUT2D eigenvalue weighted by Gasteiger charge is -2.23. The molecule has 0 unspecified atom stereocenters. The number of carbonyl (C=O) groups excluding carboxylic acids is 1. The van der Waals surface area contributed by atoms with Gasteiger partial charge in [0.25, 0.3) is 5.91 Å². The molecule has 0 saturated carbocycles. The molecule has 0 aromatic rings. The van der Waals surface area contributed by atoms with Gasteiger partial charge in [-0.05, 0) is 12.8 Å². The minimum absolute atomic E-state index is 0.00983. The predicted molar refractivity (Wildman–Crippen MR) is 68.6 cm³/mol. The smallest absolute Gasteiger partial charge is 0.306 e. The summed E-state index contributed by atoms with van der Waals surface area (Å²) in [5.74, 6) is -4.97. The third kappa shape index (κ3) is 8.58. The van der Waals surface area contributed by atoms with E-state index in [1.54, 1.807) is 0 Å². The number of carboxylic acid groups (broad SMARTS) is 3. The average molecular weight is 305 g/mol. The van der Waals surface area contributed by atoms with E-state index in [4.69, 9.17) is 15.3 Å². The van der Waals surface area contributed by atoms with Crippen LogP contribution in [0, 0.1) is 0 Å². The molecule has 0 fully saturated rings. The first-order chi connectivity index (χ1) is 9.67. The number of amides is 1. The Morgan fingerprint density at radius 3 is 1.76 bits per heavy atom. The van der Waals surface area contributed by atoms with Crippen molar-refractivity contribution in [3.63, 3.8) is 0 Å². The Balaban J connectivity index is 4.26. The Hall–Kier alpha value is -2.16. The Morgan fingerprint density at radius 2 is 1.33 bits per heavy atom. The van der Waals surface area contributed by atoms with Crippen LogP contribution in [0.2, 0.25) is 0 Å². The number of rotatable bonds is 11. The molecule has 0 saturated heterocycles. The highest BCUT2D eigenvalue weighted by atomic mass is 16.4. The molecule has 0 bridgehead atoms. The van der Waals surface area contributed by atoms with Gasteiger partial charge in [0.1, 0.15) is 0 Å². The highest BCUT2D eigenvalue weighted by Crippen LogP contribution is 2.16. The SMILES string of the molecule is O=C(O)CCCCCNC(=O)C(O)(CC(=O)O)CC(=O)O. The number of aliphatic carboxylic acids is 3. The van der Waals surface area contributed by atoms with E-state index in [-0.39, 0.29) is 13.0 Å². The summed E-state index contributed by atoms with van der Waals surface area (Å²) in [6, 6.07) is 0. The quantitative estimate of drug-likeness (QED) is 0.317. The van der Waals surface area contributed by atoms with Gasteiger partial charge in [-0.15, -0.1) is 0 Å². The van der Waals surface area contributed by atoms with E-state index in [2.05, 4.69) is 5.32 Å². The van der Waals surface area contributed by atoms with Crippen LogP contribution in [-0.4, -0.2) is 56.4 Å². The van der Waals surface area contributed by atoms with Gasteiger partial charge in [0.2, 0.25) is 0 Å². The van der Waals surface area contributed by atoms with E-state index in [1.165, 1.54) is 0 Å². The van der Waals surface area contributed by atoms with Gasteiger partial charge in [-0.25, -0.2) is 0 Å². The van der Waals surface area contributed by atoms with Crippen LogP contribution < -0.4 is 5.32 Å². The molecule has 21 heavy (non-hydrogen) atoms. The Bertz CT molecular complexity index is 390. The van der Waals surface area contributed by atoms with Crippen LogP contribution in [0.3, 0.4) is 0 Å². The zero-order chi connectivity index (χ0) is 16.5. The third-order valence-corrected chi connectivity index (χ3v) is 2.66. The van der Waals surface area contributed by atoms with Gasteiger partial charge in [-0.1, -0.05) is 6.42 Å². The zero-order valence-corrected chi connectivity index (χ0v) is 11.4. The predicted octanol–water partition coefficient (Wildman–Crippen LogP) is -0.572. The molecule has 0 spiro atoms. The van der Waals surface area contributed by atoms with Crippen LogP contribution in [0.1, 0.15) is 38.5 Å². The molecule has 0 aromatic carbocycles. The first-order valence-corrected chi connectivity index (χ1v) is 6.33. The maximum atomic E-state index is 11.7. The molecule has 0 aromatic heterocycles. The Morgan fingerprint density at radius 1 is 0.810 bits per heavy atom. The minimum atomic E-state index is -2.50. The van der Waals surface area contributed by atoms with Crippen molar-refractivity contribution in [2.45, 2.75) is 44.1 Å². The summed E-state index contributed by atoms with van der Waals surface area (Å²) in [6.07, 6.45) is -0.609. The van der Waals surface area contributed by atoms with Crippen molar-refractivity contribution in [1.82, 2.24) is 5.32 Å². The Labute approximate surface area is 120 Å². The van der Waals surface area contributed by atoms with Crippen LogP contribution in [0.15, 0.2) is 0 Å². The maximum Gasteiger partial charge on any atom is 0.306 e. The largest absolute Gasteiger partial charge is 0.481 e. The van der Waals surface area contributed by atoms with Gasteiger partial charge in [-0.2, -0.15) is 0 Å². The summed E-state index contributed by atoms with van der Waals surface area (Å²) >= 11 is 0. The van der Waals surface area contributed by atoms with E-state index in [1.807, 2.05) is 0 Å². The lowest BCUT2D eigenvalue weighted by molar-refractivity contribution is -0.159. The van der Waals surface area contributed by atoms with Crippen molar-refractivity contribution < 1.29 is 39.6 Å². The van der Waals surface area contributed by atoms with Crippen molar-refractivity contribution in [2.75, 3.05) is 6.54 Å². The minimum Gasteiger partial charge on any atom is -0.481 e. The molecule has 1 amide bonds. The topological polar surface area (TPSA) is 161 Å². The van der Waals surface area contributed by atoms with E-state index in [0.29, 0.717) is 19.3 Å². The van der Waals surface area contributed by atoms with Crippen molar-refractivity contribution in [2.24, 2.45) is 0 Å². The molecule has 5 N–H and O–H groups in total. The van der Waals surface area contributed by atoms with Gasteiger partial charge >= 0.3 is 17.9 Å². The molecule has 0 rings (SSSR count). The van der Waals surface area contributed by atoms with Crippen molar-refractivity contribution in [3.05, 3.63) is 0 Å². The van der Waals surface area contributed by atoms with E-state index in [9.17, 15) is 24.3 Å². The van der Waals surface area contributed by atoms with E-state index >= 15 is 0 Å². The summed E-state index contributed by atoms with van der Waals surface area (Å²) in [6.45, 7) is 0.0972. The number of unbranched alkanes of at least 4 members (excludes halogenated alkanes) is 2. The van der Waals surface area contributed by atoms with Crippen LogP contribution in [0.4, 0.5) is 0 Å². The van der Waals surface area contributed by atoms with E-state index in [0.717, 1.165) is 0 Å². The maximum absolute atomic E-state index is 11.7. The van der Waals surface area contributed by atoms with Gasteiger partial charge in [0, 0.05) is 13.0 Å². The summed E-state index contributed by atoms with van der Waals surface area (Å²) in [4.78, 5) is 43.1. The summed E-state index contributed by atoms with van der Waals surface area (Å²) in [5.41, 5.74) is -2.50. The molecule has 0 heterocycles. The third-order valence-electron chi connectivity index (χ3n) is 2.66. The number of nitrogens with one attached hydrogen (secondary N) is 1. The van der Waals surface area contributed by atoms with E-state index < -0.39 is 42.3 Å². The number of hydrogen-bond acceptors (Lipinski definition) is 5. The number of aliphatic hydroxyl groups is 1. The van der Waals surface area contributed by atoms with Crippen molar-refractivity contribution in [3.8, 4) is 0 Å². The molecular formula is C12H19NO8. The highest BCUT2D eigenvalue weighted by Gasteiger charge is 2.40. The molecule has 9 nitrogen and oxygen atoms in total. The fraction of sp³-hybridized carbons (Fsp3) is 0.667. The summed E-state index contributed by atoms with van der Waals surface area (Å²) < 4.78 is 0. The highest BCUT2D eigenvalue weighted by molar-refractivity contribution is 5.92. The average Bonchev–Trinajstić information content (AvgIpc) is 2.30. The van der Waals surface area contributed by atoms with Gasteiger partial charge in [-0.3, -0.25) is 19.2 Å². The lowest BCUT2D eigenvalue weighted by atomic mass is 9.94. The number of carboxylic acids is 3. The van der Waals surface area contributed by atoms with Crippen molar-refractivity contribution >= 4 is 23.8 Å². The monoisotopic (exact) mass is 305 g/mol. The second kappa shape index (κ2) is 8.90. The first kappa shape index (κ1) is 18.8. The second-order valence-corrected chi connectivity index (χ2v) is 4.63. The fourth-order valence-corrected chi connectivity index (χ4v) is 1.67. The molecule has 9 heteroatoms. The number of hydrogen-bond donors (Lipinski definition) is 5. The molecule has 0 aliphatic heterocycles. The zero-order valence-electron chi connectivity index (χ0n) is 11.4. The molecule has 120 valence electrons. The molecular weight excluding hydrogens is 286 g/mol. The van der Waals surface area contributed by atoms with Gasteiger partial charge in [0.05, 0.1) is 12.8 Å². The fourth-order valence-electron chi connectivity index (χ4n) is 1.67. The summed E-state index contributed by atoms with van der Waals surface area (Å²) in [7, 11) is 0. The standard InChI is InChI=1S/C12H19NO8/c14-8(15)4-2-1-3-5-13-11(20)12(21,6-9(16)17)7-10(18)19/h21H,1-7H2,(H,13,20)(H,14,15)(H,16,17)(H,18,19). The molecule has 0 aliphatic rings. The first-order valence-electron chi connectivity index (χ1n) is 6.33. The molecule has 0 aliphatic carbocycles. The van der Waals surface area contributed by atoms with Crippen LogP contribution in [0.5, 0.6) is 0 Å². The Kier molecular flexibility index (Phi) is 7.99. The van der Waals surface area contributed by atoms with Crippen molar-refractivity contribution in [1.29, 1.82) is 0 Å². The molecule has 0 radical (unpaired) electrons. The van der Waals surface area contributed by atoms with Gasteiger partial charge < -0.3 is 25.7 Å². The van der Waals surface area contributed by atoms with Gasteiger partial charge in [0.15, 0.2) is 5.60 Å².